The fourth-order valence-corrected chi connectivity index (χ4v) is 5.48. The van der Waals surface area contributed by atoms with Crippen molar-refractivity contribution in [3.05, 3.63) is 89.0 Å². The summed E-state index contributed by atoms with van der Waals surface area (Å²) in [6.45, 7) is 3.94. The molecule has 2 fully saturated rings. The summed E-state index contributed by atoms with van der Waals surface area (Å²) in [6.07, 6.45) is 2.95. The predicted octanol–water partition coefficient (Wildman–Crippen LogP) is 5.24. The van der Waals surface area contributed by atoms with Gasteiger partial charge in [0.15, 0.2) is 0 Å². The molecule has 0 aliphatic carbocycles. The number of rotatable bonds is 10. The second kappa shape index (κ2) is 12.8. The van der Waals surface area contributed by atoms with Crippen LogP contribution >= 0.6 is 0 Å². The number of ether oxygens (including phenoxy) is 4. The van der Waals surface area contributed by atoms with Crippen LogP contribution in [0.25, 0.3) is 11.0 Å². The van der Waals surface area contributed by atoms with Crippen LogP contribution in [0.1, 0.15) is 46.6 Å². The number of hydrogen-bond acceptors (Lipinski definition) is 8. The zero-order chi connectivity index (χ0) is 29.8. The molecule has 1 aromatic heterocycles. The summed E-state index contributed by atoms with van der Waals surface area (Å²) in [5, 5.41) is 8.93. The minimum Gasteiger partial charge on any atom is -0.490 e. The number of aromatic nitrogens is 2. The molecule has 3 aromatic carbocycles. The highest BCUT2D eigenvalue weighted by Crippen LogP contribution is 2.27. The van der Waals surface area contributed by atoms with Crippen LogP contribution in [0.4, 0.5) is 4.39 Å². The van der Waals surface area contributed by atoms with Crippen LogP contribution in [0.2, 0.25) is 0 Å². The average molecular weight is 585 g/mol. The van der Waals surface area contributed by atoms with Gasteiger partial charge >= 0.3 is 5.97 Å². The second-order valence-corrected chi connectivity index (χ2v) is 10.9. The molecule has 3 heterocycles. The predicted molar refractivity (Wildman–Crippen MR) is 156 cm³/mol. The van der Waals surface area contributed by atoms with E-state index in [1.807, 2.05) is 42.5 Å². The van der Waals surface area contributed by atoms with E-state index in [2.05, 4.69) is 9.47 Å². The lowest BCUT2D eigenvalue weighted by Crippen LogP contribution is -2.39. The highest BCUT2D eigenvalue weighted by molar-refractivity contribution is 5.93. The molecule has 0 radical (unpaired) electrons. The monoisotopic (exact) mass is 584 g/mol. The molecule has 0 amide bonds. The molecule has 10 heteroatoms. The van der Waals surface area contributed by atoms with Crippen LogP contribution in [0, 0.1) is 17.1 Å². The van der Waals surface area contributed by atoms with E-state index in [-0.39, 0.29) is 30.3 Å². The first kappa shape index (κ1) is 28.6. The van der Waals surface area contributed by atoms with Gasteiger partial charge in [-0.05, 0) is 61.7 Å². The molecule has 0 bridgehead atoms. The van der Waals surface area contributed by atoms with Crippen LogP contribution in [0.5, 0.6) is 11.5 Å². The van der Waals surface area contributed by atoms with Crippen LogP contribution < -0.4 is 9.47 Å². The highest BCUT2D eigenvalue weighted by atomic mass is 19.1. The number of methoxy groups -OCH3 is 1. The van der Waals surface area contributed by atoms with Gasteiger partial charge in [-0.1, -0.05) is 12.1 Å². The summed E-state index contributed by atoms with van der Waals surface area (Å²) in [5.74, 6) is 1.42. The lowest BCUT2D eigenvalue weighted by atomic mass is 10.1. The maximum absolute atomic E-state index is 14.2. The van der Waals surface area contributed by atoms with E-state index in [0.717, 1.165) is 55.8 Å². The smallest absolute Gasteiger partial charge is 0.337 e. The molecule has 4 aromatic rings. The van der Waals surface area contributed by atoms with Gasteiger partial charge in [0.2, 0.25) is 0 Å². The van der Waals surface area contributed by atoms with Gasteiger partial charge in [-0.2, -0.15) is 5.26 Å². The molecular formula is C33H33FN4O5. The average Bonchev–Trinajstić information content (AvgIpc) is 3.34. The Labute approximate surface area is 249 Å². The topological polar surface area (TPSA) is 98.8 Å². The molecule has 2 saturated heterocycles. The number of halogens is 1. The van der Waals surface area contributed by atoms with Gasteiger partial charge in [-0.3, -0.25) is 4.90 Å². The minimum absolute atomic E-state index is 0.0566. The van der Waals surface area contributed by atoms with Gasteiger partial charge in [0, 0.05) is 31.3 Å². The molecule has 2 aliphatic heterocycles. The fourth-order valence-electron chi connectivity index (χ4n) is 5.48. The number of hydrogen-bond donors (Lipinski definition) is 0. The number of carbonyl (C=O) groups is 1. The van der Waals surface area contributed by atoms with Crippen molar-refractivity contribution in [1.82, 2.24) is 14.5 Å². The number of nitriles is 1. The Bertz CT molecular complexity index is 1650. The Kier molecular flexibility index (Phi) is 8.54. The normalized spacial score (nSPS) is 17.3. The molecule has 1 unspecified atom stereocenters. The van der Waals surface area contributed by atoms with Gasteiger partial charge in [-0.25, -0.2) is 14.2 Å². The van der Waals surface area contributed by atoms with Crippen molar-refractivity contribution >= 4 is 17.0 Å². The lowest BCUT2D eigenvalue weighted by molar-refractivity contribution is -0.0592. The van der Waals surface area contributed by atoms with Crippen LogP contribution in [-0.4, -0.2) is 59.4 Å². The summed E-state index contributed by atoms with van der Waals surface area (Å²) >= 11 is 0. The van der Waals surface area contributed by atoms with Gasteiger partial charge in [0.1, 0.15) is 35.9 Å². The second-order valence-electron chi connectivity index (χ2n) is 10.9. The molecule has 0 saturated carbocycles. The number of benzene rings is 3. The van der Waals surface area contributed by atoms with E-state index < -0.39 is 5.82 Å². The molecule has 9 nitrogen and oxygen atoms in total. The number of fused-ring (bicyclic) bond motifs is 1. The van der Waals surface area contributed by atoms with Gasteiger partial charge < -0.3 is 23.5 Å². The molecule has 1 atom stereocenters. The third kappa shape index (κ3) is 6.63. The number of carbonyl (C=O) groups excluding carboxylic acids is 1. The number of likely N-dealkylation sites (tertiary alicyclic amines) is 1. The molecule has 6 rings (SSSR count). The molecule has 222 valence electrons. The van der Waals surface area contributed by atoms with E-state index in [4.69, 9.17) is 29.2 Å². The van der Waals surface area contributed by atoms with Crippen LogP contribution in [0.15, 0.2) is 60.7 Å². The molecule has 2 aliphatic rings. The van der Waals surface area contributed by atoms with Crippen molar-refractivity contribution in [2.24, 2.45) is 0 Å². The third-order valence-corrected chi connectivity index (χ3v) is 8.01. The Morgan fingerprint density at radius 2 is 1.91 bits per heavy atom. The van der Waals surface area contributed by atoms with E-state index >= 15 is 0 Å². The van der Waals surface area contributed by atoms with E-state index in [9.17, 15) is 9.18 Å². The quantitative estimate of drug-likeness (QED) is 0.233. The van der Waals surface area contributed by atoms with Gasteiger partial charge in [0.05, 0.1) is 54.5 Å². The van der Waals surface area contributed by atoms with Crippen molar-refractivity contribution in [1.29, 1.82) is 5.26 Å². The zero-order valence-electron chi connectivity index (χ0n) is 24.0. The first-order valence-corrected chi connectivity index (χ1v) is 14.5. The van der Waals surface area contributed by atoms with Crippen molar-refractivity contribution in [3.8, 4) is 17.6 Å². The number of piperidine rings is 1. The molecule has 0 spiro atoms. The van der Waals surface area contributed by atoms with E-state index in [1.54, 1.807) is 18.2 Å². The van der Waals surface area contributed by atoms with Crippen molar-refractivity contribution in [3.63, 3.8) is 0 Å². The third-order valence-electron chi connectivity index (χ3n) is 8.01. The first-order chi connectivity index (χ1) is 21.0. The SMILES string of the molecule is COC(=O)c1ccc2nc(CN3CCC(Oc4cccc(OCc5ccc(C#N)cc5F)c4)CC3)n(CC3CCO3)c2c1. The van der Waals surface area contributed by atoms with Gasteiger partial charge in [0.25, 0.3) is 0 Å². The van der Waals surface area contributed by atoms with Crippen LogP contribution in [0.3, 0.4) is 0 Å². The largest absolute Gasteiger partial charge is 0.490 e. The van der Waals surface area contributed by atoms with Gasteiger partial charge in [-0.15, -0.1) is 0 Å². The Morgan fingerprint density at radius 3 is 2.63 bits per heavy atom. The summed E-state index contributed by atoms with van der Waals surface area (Å²) in [6, 6.07) is 19.2. The number of nitrogens with zero attached hydrogens (tertiary/aromatic N) is 4. The van der Waals surface area contributed by atoms with Crippen molar-refractivity contribution < 1.29 is 28.1 Å². The summed E-state index contributed by atoms with van der Waals surface area (Å²) in [7, 11) is 1.39. The number of imidazole rings is 1. The maximum Gasteiger partial charge on any atom is 0.337 e. The summed E-state index contributed by atoms with van der Waals surface area (Å²) in [5.41, 5.74) is 2.93. The maximum atomic E-state index is 14.2. The van der Waals surface area contributed by atoms with E-state index in [0.29, 0.717) is 35.7 Å². The first-order valence-electron chi connectivity index (χ1n) is 14.5. The standard InChI is InChI=1S/C33H33FN4O5/c1-40-33(39)23-7-8-30-31(16-23)38(19-28-11-14-41-28)32(36-30)20-37-12-9-25(10-13-37)43-27-4-2-3-26(17-27)42-21-24-6-5-22(18-35)15-29(24)34/h2-8,15-17,25,28H,9-14,19-21H2,1H3. The molecule has 0 N–H and O–H groups in total. The lowest BCUT2D eigenvalue weighted by Gasteiger charge is -2.32. The fraction of sp³-hybridized carbons (Fsp3) is 0.364. The Morgan fingerprint density at radius 1 is 1.09 bits per heavy atom. The van der Waals surface area contributed by atoms with E-state index in [1.165, 1.54) is 13.2 Å². The van der Waals surface area contributed by atoms with Crippen molar-refractivity contribution in [2.45, 2.75) is 51.2 Å². The summed E-state index contributed by atoms with van der Waals surface area (Å²) < 4.78 is 39.2. The zero-order valence-corrected chi connectivity index (χ0v) is 24.0. The summed E-state index contributed by atoms with van der Waals surface area (Å²) in [4.78, 5) is 19.5. The Balaban J connectivity index is 1.06. The number of esters is 1. The van der Waals surface area contributed by atoms with Crippen molar-refractivity contribution in [2.75, 3.05) is 26.8 Å². The minimum atomic E-state index is -0.462. The molecular weight excluding hydrogens is 551 g/mol. The Hall–Kier alpha value is -4.46. The highest BCUT2D eigenvalue weighted by Gasteiger charge is 2.26. The molecule has 43 heavy (non-hydrogen) atoms. The van der Waals surface area contributed by atoms with Crippen LogP contribution in [-0.2, 0) is 29.2 Å².